The fraction of sp³-hybridized carbons (Fsp3) is 0.667. The van der Waals surface area contributed by atoms with Gasteiger partial charge < -0.3 is 10.6 Å². The molecule has 1 aliphatic rings. The van der Waals surface area contributed by atoms with Gasteiger partial charge in [-0.05, 0) is 40.0 Å². The number of rotatable bonds is 1. The van der Waals surface area contributed by atoms with Crippen molar-refractivity contribution in [1.29, 1.82) is 0 Å². The van der Waals surface area contributed by atoms with Crippen molar-refractivity contribution in [3.63, 3.8) is 0 Å². The number of likely N-dealkylation sites (tertiary alicyclic amines) is 1. The van der Waals surface area contributed by atoms with E-state index >= 15 is 0 Å². The van der Waals surface area contributed by atoms with E-state index in [-0.39, 0.29) is 18.0 Å². The monoisotopic (exact) mass is 236 g/mol. The van der Waals surface area contributed by atoms with E-state index in [0.29, 0.717) is 11.4 Å². The normalized spacial score (nSPS) is 25.0. The Labute approximate surface area is 101 Å². The third kappa shape index (κ3) is 2.01. The molecular weight excluding hydrogens is 216 g/mol. The highest BCUT2D eigenvalue weighted by Crippen LogP contribution is 2.26. The van der Waals surface area contributed by atoms with Crippen LogP contribution < -0.4 is 5.73 Å². The molecule has 1 aromatic heterocycles. The second kappa shape index (κ2) is 4.39. The zero-order valence-electron chi connectivity index (χ0n) is 10.7. The van der Waals surface area contributed by atoms with Crippen molar-refractivity contribution in [2.75, 3.05) is 5.73 Å². The van der Waals surface area contributed by atoms with E-state index in [2.05, 4.69) is 24.0 Å². The van der Waals surface area contributed by atoms with Gasteiger partial charge in [-0.25, -0.2) is 0 Å². The third-order valence-electron chi connectivity index (χ3n) is 3.62. The number of hydrogen-bond donors (Lipinski definition) is 2. The van der Waals surface area contributed by atoms with Crippen LogP contribution in [0.5, 0.6) is 0 Å². The summed E-state index contributed by atoms with van der Waals surface area (Å²) in [7, 11) is 0. The van der Waals surface area contributed by atoms with E-state index in [1.54, 1.807) is 0 Å². The number of aryl methyl sites for hydroxylation is 1. The predicted molar refractivity (Wildman–Crippen MR) is 66.7 cm³/mol. The Morgan fingerprint density at radius 2 is 2.00 bits per heavy atom. The van der Waals surface area contributed by atoms with Crippen LogP contribution in [0.15, 0.2) is 0 Å². The lowest BCUT2D eigenvalue weighted by Crippen LogP contribution is -2.47. The first-order valence-corrected chi connectivity index (χ1v) is 6.15. The molecule has 1 aliphatic heterocycles. The molecule has 2 rings (SSSR count). The van der Waals surface area contributed by atoms with Crippen molar-refractivity contribution in [1.82, 2.24) is 15.1 Å². The van der Waals surface area contributed by atoms with Crippen LogP contribution in [0.1, 0.15) is 49.2 Å². The topological polar surface area (TPSA) is 75.0 Å². The number of hydrogen-bond acceptors (Lipinski definition) is 3. The quantitative estimate of drug-likeness (QED) is 0.779. The second-order valence-electron chi connectivity index (χ2n) is 4.95. The Morgan fingerprint density at radius 1 is 1.41 bits per heavy atom. The van der Waals surface area contributed by atoms with Gasteiger partial charge in [-0.2, -0.15) is 5.10 Å². The molecule has 0 aliphatic carbocycles. The van der Waals surface area contributed by atoms with E-state index in [1.807, 2.05) is 11.8 Å². The molecule has 0 bridgehead atoms. The first kappa shape index (κ1) is 12.0. The predicted octanol–water partition coefficient (Wildman–Crippen LogP) is 1.70. The molecule has 2 atom stereocenters. The van der Waals surface area contributed by atoms with Crippen LogP contribution in [0.25, 0.3) is 0 Å². The van der Waals surface area contributed by atoms with Gasteiger partial charge in [0.05, 0.1) is 0 Å². The minimum atomic E-state index is 0.00782. The van der Waals surface area contributed by atoms with Crippen LogP contribution in [-0.2, 0) is 0 Å². The van der Waals surface area contributed by atoms with E-state index in [4.69, 9.17) is 5.73 Å². The number of nitrogens with one attached hydrogen (secondary N) is 1. The molecule has 1 aromatic rings. The summed E-state index contributed by atoms with van der Waals surface area (Å²) in [5.41, 5.74) is 7.03. The van der Waals surface area contributed by atoms with Crippen molar-refractivity contribution < 1.29 is 4.79 Å². The number of piperidine rings is 1. The first-order valence-electron chi connectivity index (χ1n) is 6.15. The molecule has 94 valence electrons. The molecule has 1 saturated heterocycles. The largest absolute Gasteiger partial charge is 0.382 e. The average Bonchev–Trinajstić information content (AvgIpc) is 2.58. The molecule has 5 nitrogen and oxygen atoms in total. The molecular formula is C12H20N4O. The van der Waals surface area contributed by atoms with Crippen LogP contribution >= 0.6 is 0 Å². The summed E-state index contributed by atoms with van der Waals surface area (Å²) in [6.07, 6.45) is 3.31. The summed E-state index contributed by atoms with van der Waals surface area (Å²) in [5.74, 6) is 0.311. The lowest BCUT2D eigenvalue weighted by Gasteiger charge is -2.39. The van der Waals surface area contributed by atoms with Crippen molar-refractivity contribution in [2.45, 2.75) is 52.1 Å². The maximum absolute atomic E-state index is 12.5. The number of anilines is 1. The SMILES string of the molecule is Cc1[nH]nc(N)c1C(=O)N1[C@H](C)CCC[C@@H]1C. The lowest BCUT2D eigenvalue weighted by atomic mass is 9.96. The van der Waals surface area contributed by atoms with Gasteiger partial charge in [-0.1, -0.05) is 0 Å². The zero-order chi connectivity index (χ0) is 12.6. The number of carbonyl (C=O) groups is 1. The molecule has 1 fully saturated rings. The van der Waals surface area contributed by atoms with Crippen molar-refractivity contribution >= 4 is 11.7 Å². The third-order valence-corrected chi connectivity index (χ3v) is 3.62. The number of aromatic amines is 1. The van der Waals surface area contributed by atoms with Gasteiger partial charge in [0.1, 0.15) is 5.56 Å². The molecule has 0 spiro atoms. The molecule has 5 heteroatoms. The molecule has 0 saturated carbocycles. The Morgan fingerprint density at radius 3 is 2.47 bits per heavy atom. The molecule has 0 unspecified atom stereocenters. The van der Waals surface area contributed by atoms with Gasteiger partial charge in [-0.3, -0.25) is 9.89 Å². The van der Waals surface area contributed by atoms with Gasteiger partial charge in [0.15, 0.2) is 5.82 Å². The fourth-order valence-corrected chi connectivity index (χ4v) is 2.67. The minimum Gasteiger partial charge on any atom is -0.382 e. The summed E-state index contributed by atoms with van der Waals surface area (Å²) in [6.45, 7) is 6.02. The number of nitrogen functional groups attached to an aromatic ring is 1. The van der Waals surface area contributed by atoms with Crippen molar-refractivity contribution in [3.05, 3.63) is 11.3 Å². The van der Waals surface area contributed by atoms with Gasteiger partial charge in [0, 0.05) is 17.8 Å². The van der Waals surface area contributed by atoms with Crippen LogP contribution in [-0.4, -0.2) is 33.1 Å². The molecule has 0 aromatic carbocycles. The first-order chi connectivity index (χ1) is 8.02. The van der Waals surface area contributed by atoms with Crippen LogP contribution in [0.4, 0.5) is 5.82 Å². The number of H-pyrrole nitrogens is 1. The summed E-state index contributed by atoms with van der Waals surface area (Å²) in [5, 5.41) is 6.65. The van der Waals surface area contributed by atoms with Crippen LogP contribution in [0.3, 0.4) is 0 Å². The maximum atomic E-state index is 12.5. The Hall–Kier alpha value is -1.52. The number of aromatic nitrogens is 2. The summed E-state index contributed by atoms with van der Waals surface area (Å²) in [6, 6.07) is 0.555. The standard InChI is InChI=1S/C12H20N4O/c1-7-5-4-6-8(2)16(7)12(17)10-9(3)14-15-11(10)13/h7-8H,4-6H2,1-3H3,(H3,13,14,15)/t7-,8+. The number of nitrogens with zero attached hydrogens (tertiary/aromatic N) is 2. The summed E-state index contributed by atoms with van der Waals surface area (Å²) in [4.78, 5) is 14.5. The zero-order valence-corrected chi connectivity index (χ0v) is 10.7. The molecule has 0 radical (unpaired) electrons. The summed E-state index contributed by atoms with van der Waals surface area (Å²) < 4.78 is 0. The minimum absolute atomic E-state index is 0.00782. The smallest absolute Gasteiger partial charge is 0.259 e. The molecule has 3 N–H and O–H groups in total. The second-order valence-corrected chi connectivity index (χ2v) is 4.95. The highest BCUT2D eigenvalue weighted by atomic mass is 16.2. The van der Waals surface area contributed by atoms with E-state index < -0.39 is 0 Å². The van der Waals surface area contributed by atoms with Crippen LogP contribution in [0.2, 0.25) is 0 Å². The van der Waals surface area contributed by atoms with Gasteiger partial charge in [-0.15, -0.1) is 0 Å². The number of carbonyl (C=O) groups excluding carboxylic acids is 1. The van der Waals surface area contributed by atoms with Crippen molar-refractivity contribution in [3.8, 4) is 0 Å². The van der Waals surface area contributed by atoms with E-state index in [0.717, 1.165) is 18.5 Å². The van der Waals surface area contributed by atoms with E-state index in [9.17, 15) is 4.79 Å². The van der Waals surface area contributed by atoms with Crippen LogP contribution in [0, 0.1) is 6.92 Å². The molecule has 17 heavy (non-hydrogen) atoms. The summed E-state index contributed by atoms with van der Waals surface area (Å²) >= 11 is 0. The number of amides is 1. The highest BCUT2D eigenvalue weighted by molar-refractivity contribution is 5.99. The molecule has 1 amide bonds. The average molecular weight is 236 g/mol. The fourth-order valence-electron chi connectivity index (χ4n) is 2.67. The Kier molecular flexibility index (Phi) is 3.09. The Balaban J connectivity index is 2.30. The van der Waals surface area contributed by atoms with Gasteiger partial charge >= 0.3 is 0 Å². The molecule has 2 heterocycles. The van der Waals surface area contributed by atoms with Gasteiger partial charge in [0.2, 0.25) is 0 Å². The van der Waals surface area contributed by atoms with E-state index in [1.165, 1.54) is 6.42 Å². The van der Waals surface area contributed by atoms with Crippen molar-refractivity contribution in [2.24, 2.45) is 0 Å². The van der Waals surface area contributed by atoms with Gasteiger partial charge in [0.25, 0.3) is 5.91 Å². The number of nitrogens with two attached hydrogens (primary N) is 1. The maximum Gasteiger partial charge on any atom is 0.259 e. The highest BCUT2D eigenvalue weighted by Gasteiger charge is 2.32. The Bertz CT molecular complexity index is 397. The lowest BCUT2D eigenvalue weighted by molar-refractivity contribution is 0.0511.